The quantitative estimate of drug-likeness (QED) is 0.296. The van der Waals surface area contributed by atoms with Gasteiger partial charge in [0, 0.05) is 12.0 Å². The minimum atomic E-state index is 0.360. The summed E-state index contributed by atoms with van der Waals surface area (Å²) in [4.78, 5) is 16.6. The molecule has 0 unspecified atom stereocenters. The minimum Gasteiger partial charge on any atom is -0.342 e. The van der Waals surface area contributed by atoms with Crippen molar-refractivity contribution in [1.82, 2.24) is 25.3 Å². The molecular weight excluding hydrogens is 442 g/mol. The van der Waals surface area contributed by atoms with Crippen LogP contribution in [0.3, 0.4) is 0 Å². The van der Waals surface area contributed by atoms with E-state index in [0.29, 0.717) is 28.8 Å². The van der Waals surface area contributed by atoms with Crippen molar-refractivity contribution < 1.29 is 0 Å². The number of aromatic amines is 2. The van der Waals surface area contributed by atoms with Crippen LogP contribution >= 0.6 is 0 Å². The van der Waals surface area contributed by atoms with Crippen LogP contribution in [0.15, 0.2) is 60.9 Å². The van der Waals surface area contributed by atoms with Crippen LogP contribution in [-0.4, -0.2) is 26.0 Å². The Morgan fingerprint density at radius 1 is 0.667 bits per heavy atom. The fraction of sp³-hybridized carbons (Fsp3) is 0.419. The lowest BCUT2D eigenvalue weighted by molar-refractivity contribution is 0.488. The van der Waals surface area contributed by atoms with E-state index < -0.39 is 0 Å². The van der Waals surface area contributed by atoms with Gasteiger partial charge in [-0.25, -0.2) is 9.97 Å². The Hall–Kier alpha value is -3.18. The summed E-state index contributed by atoms with van der Waals surface area (Å²) in [5.41, 5.74) is 8.11. The maximum Gasteiger partial charge on any atom is 0.123 e. The van der Waals surface area contributed by atoms with Crippen LogP contribution in [-0.2, 0) is 0 Å². The number of hydrogen-bond donors (Lipinski definition) is 3. The first-order valence-corrected chi connectivity index (χ1v) is 13.5. The predicted octanol–water partition coefficient (Wildman–Crippen LogP) is 6.85. The van der Waals surface area contributed by atoms with Crippen molar-refractivity contribution in [3.63, 3.8) is 0 Å². The van der Waals surface area contributed by atoms with Crippen molar-refractivity contribution in [1.29, 1.82) is 0 Å². The molecule has 3 saturated carbocycles. The molecule has 8 rings (SSSR count). The zero-order valence-corrected chi connectivity index (χ0v) is 21.0. The standard InChI is InChI=1S/C31H33N5/c1-30-12-22(11-23(30)13-30)28-32-16-25(35-28)20-7-3-18(4-8-20)19-5-9-21(10-6-19)26-17-33-29(36-26)24-14-31(2)15-27(31)34-24/h3-10,16-17,22-24,27,34H,11-15H2,1-2H3,(H,32,35)(H,33,36)/t22-,23+,24-,27+,30-,31-/m0/s1. The number of piperidine rings is 1. The molecule has 3 heterocycles. The molecule has 5 heteroatoms. The number of rotatable bonds is 5. The Bertz CT molecular complexity index is 1340. The Morgan fingerprint density at radius 2 is 1.25 bits per heavy atom. The number of imidazole rings is 2. The van der Waals surface area contributed by atoms with E-state index in [4.69, 9.17) is 4.98 Å². The third-order valence-corrected chi connectivity index (χ3v) is 9.88. The highest BCUT2D eigenvalue weighted by molar-refractivity contribution is 5.71. The van der Waals surface area contributed by atoms with Crippen LogP contribution in [0.1, 0.15) is 69.6 Å². The number of aromatic nitrogens is 4. The van der Waals surface area contributed by atoms with Gasteiger partial charge in [-0.1, -0.05) is 62.4 Å². The molecule has 0 amide bonds. The molecular formula is C31H33N5. The lowest BCUT2D eigenvalue weighted by Crippen LogP contribution is -2.18. The van der Waals surface area contributed by atoms with Gasteiger partial charge in [-0.15, -0.1) is 0 Å². The first kappa shape index (κ1) is 21.0. The van der Waals surface area contributed by atoms with Gasteiger partial charge >= 0.3 is 0 Å². The Labute approximate surface area is 212 Å². The maximum absolute atomic E-state index is 4.75. The highest BCUT2D eigenvalue weighted by atomic mass is 15.1. The van der Waals surface area contributed by atoms with Crippen molar-refractivity contribution >= 4 is 0 Å². The van der Waals surface area contributed by atoms with Crippen molar-refractivity contribution in [3.8, 4) is 33.6 Å². The number of hydrogen-bond acceptors (Lipinski definition) is 3. The predicted molar refractivity (Wildman–Crippen MR) is 142 cm³/mol. The Kier molecular flexibility index (Phi) is 4.19. The molecule has 2 aromatic carbocycles. The second-order valence-electron chi connectivity index (χ2n) is 12.5. The number of nitrogens with zero attached hydrogens (tertiary/aromatic N) is 2. The van der Waals surface area contributed by atoms with Crippen molar-refractivity contribution in [2.45, 2.75) is 64.0 Å². The van der Waals surface area contributed by atoms with E-state index in [1.165, 1.54) is 60.2 Å². The Morgan fingerprint density at radius 3 is 1.81 bits per heavy atom. The van der Waals surface area contributed by atoms with Gasteiger partial charge in [-0.05, 0) is 71.1 Å². The number of nitrogens with one attached hydrogen (secondary N) is 3. The van der Waals surface area contributed by atoms with Crippen molar-refractivity contribution in [2.24, 2.45) is 16.7 Å². The summed E-state index contributed by atoms with van der Waals surface area (Å²) >= 11 is 0. The zero-order valence-electron chi connectivity index (χ0n) is 21.0. The lowest BCUT2D eigenvalue weighted by Gasteiger charge is -2.11. The van der Waals surface area contributed by atoms with Crippen LogP contribution in [0.5, 0.6) is 0 Å². The zero-order chi connectivity index (χ0) is 24.1. The average Bonchev–Trinajstić information content (AvgIpc) is 3.40. The molecule has 1 saturated heterocycles. The molecule has 5 nitrogen and oxygen atoms in total. The summed E-state index contributed by atoms with van der Waals surface area (Å²) in [6.07, 6.45) is 10.5. The average molecular weight is 476 g/mol. The van der Waals surface area contributed by atoms with Crippen LogP contribution in [0, 0.1) is 16.7 Å². The molecule has 3 N–H and O–H groups in total. The van der Waals surface area contributed by atoms with E-state index in [2.05, 4.69) is 82.6 Å². The van der Waals surface area contributed by atoms with E-state index in [0.717, 1.165) is 23.1 Å². The number of benzene rings is 2. The van der Waals surface area contributed by atoms with E-state index in [1.807, 2.05) is 12.4 Å². The first-order chi connectivity index (χ1) is 17.5. The summed E-state index contributed by atoms with van der Waals surface area (Å²) in [6, 6.07) is 18.7. The smallest absolute Gasteiger partial charge is 0.123 e. The topological polar surface area (TPSA) is 69.4 Å². The molecule has 3 aliphatic carbocycles. The highest BCUT2D eigenvalue weighted by Crippen LogP contribution is 2.67. The fourth-order valence-corrected chi connectivity index (χ4v) is 7.19. The van der Waals surface area contributed by atoms with Gasteiger partial charge in [0.05, 0.1) is 29.8 Å². The summed E-state index contributed by atoms with van der Waals surface area (Å²) in [5, 5.41) is 3.72. The molecule has 36 heavy (non-hydrogen) atoms. The molecule has 2 aromatic heterocycles. The van der Waals surface area contributed by atoms with Gasteiger partial charge < -0.3 is 15.3 Å². The highest BCUT2D eigenvalue weighted by Gasteiger charge is 2.58. The summed E-state index contributed by atoms with van der Waals surface area (Å²) in [5.74, 6) is 3.78. The molecule has 6 atom stereocenters. The molecule has 0 bridgehead atoms. The normalized spacial score (nSPS) is 33.9. The van der Waals surface area contributed by atoms with E-state index in [9.17, 15) is 0 Å². The minimum absolute atomic E-state index is 0.360. The summed E-state index contributed by atoms with van der Waals surface area (Å²) in [7, 11) is 0. The number of H-pyrrole nitrogens is 2. The maximum atomic E-state index is 4.75. The van der Waals surface area contributed by atoms with Gasteiger partial charge in [0.2, 0.25) is 0 Å². The van der Waals surface area contributed by atoms with Crippen LogP contribution in [0.2, 0.25) is 0 Å². The number of fused-ring (bicyclic) bond motifs is 2. The van der Waals surface area contributed by atoms with Crippen LogP contribution < -0.4 is 5.32 Å². The monoisotopic (exact) mass is 475 g/mol. The fourth-order valence-electron chi connectivity index (χ4n) is 7.19. The van der Waals surface area contributed by atoms with Crippen molar-refractivity contribution in [2.75, 3.05) is 0 Å². The van der Waals surface area contributed by atoms with Gasteiger partial charge in [0.15, 0.2) is 0 Å². The second kappa shape index (κ2) is 7.19. The van der Waals surface area contributed by atoms with Gasteiger partial charge in [0.25, 0.3) is 0 Å². The van der Waals surface area contributed by atoms with Crippen molar-refractivity contribution in [3.05, 3.63) is 72.6 Å². The SMILES string of the molecule is C[C@@]12C[C@@H](c3ncc(-c4ccc(-c5ccc(-c6cnc([C@@H]7C[C@@]8(C)C[C@H]8N7)[nH]6)cc5)cc4)[nH]3)C[C@@H]1C2. The second-order valence-corrected chi connectivity index (χ2v) is 12.5. The van der Waals surface area contributed by atoms with E-state index in [1.54, 1.807) is 0 Å². The molecule has 4 aromatic rings. The molecule has 1 aliphatic heterocycles. The molecule has 4 aliphatic rings. The lowest BCUT2D eigenvalue weighted by atomic mass is 9.98. The third kappa shape index (κ3) is 3.32. The first-order valence-electron chi connectivity index (χ1n) is 13.5. The van der Waals surface area contributed by atoms with Crippen LogP contribution in [0.25, 0.3) is 33.6 Å². The van der Waals surface area contributed by atoms with E-state index >= 15 is 0 Å². The van der Waals surface area contributed by atoms with E-state index in [-0.39, 0.29) is 0 Å². The summed E-state index contributed by atoms with van der Waals surface area (Å²) < 4.78 is 0. The Balaban J connectivity index is 0.960. The van der Waals surface area contributed by atoms with Gasteiger partial charge in [0.1, 0.15) is 11.6 Å². The molecule has 182 valence electrons. The third-order valence-electron chi connectivity index (χ3n) is 9.88. The molecule has 0 spiro atoms. The largest absolute Gasteiger partial charge is 0.342 e. The molecule has 4 fully saturated rings. The van der Waals surface area contributed by atoms with Gasteiger partial charge in [-0.3, -0.25) is 0 Å². The van der Waals surface area contributed by atoms with Crippen LogP contribution in [0.4, 0.5) is 0 Å². The van der Waals surface area contributed by atoms with Gasteiger partial charge in [-0.2, -0.15) is 0 Å². The summed E-state index contributed by atoms with van der Waals surface area (Å²) in [6.45, 7) is 4.82. The molecule has 0 radical (unpaired) electrons.